The predicted octanol–water partition coefficient (Wildman–Crippen LogP) is -0.431. The monoisotopic (exact) mass is 246 g/mol. The summed E-state index contributed by atoms with van der Waals surface area (Å²) in [5.41, 5.74) is 0. The lowest BCUT2D eigenvalue weighted by molar-refractivity contribution is -0.133. The Labute approximate surface area is 93.6 Å². The first-order valence-corrected chi connectivity index (χ1v) is 5.29. The van der Waals surface area contributed by atoms with Crippen LogP contribution in [0.15, 0.2) is 0 Å². The number of rotatable bonds is 4. The van der Waals surface area contributed by atoms with Crippen LogP contribution < -0.4 is 0 Å². The zero-order valence-electron chi connectivity index (χ0n) is 6.87. The molecule has 0 saturated heterocycles. The van der Waals surface area contributed by atoms with Crippen LogP contribution in [0.4, 0.5) is 0 Å². The summed E-state index contributed by atoms with van der Waals surface area (Å²) in [7, 11) is 0. The van der Waals surface area contributed by atoms with Gasteiger partial charge in [-0.15, -0.1) is 0 Å². The number of thiol groups is 3. The number of hydrogen-bond acceptors (Lipinski definition) is 6. The van der Waals surface area contributed by atoms with E-state index in [1.54, 1.807) is 0 Å². The molecular weight excluding hydrogens is 232 g/mol. The zero-order chi connectivity index (χ0) is 10.9. The van der Waals surface area contributed by atoms with Crippen molar-refractivity contribution in [2.75, 3.05) is 17.3 Å². The highest BCUT2D eigenvalue weighted by atomic mass is 32.1. The van der Waals surface area contributed by atoms with Crippen LogP contribution in [0.1, 0.15) is 0 Å². The Morgan fingerprint density at radius 1 is 1.08 bits per heavy atom. The van der Waals surface area contributed by atoms with Crippen LogP contribution in [-0.4, -0.2) is 50.8 Å². The van der Waals surface area contributed by atoms with Crippen LogP contribution in [0.5, 0.6) is 0 Å². The molecule has 4 nitrogen and oxygen atoms in total. The van der Waals surface area contributed by atoms with Crippen LogP contribution in [0, 0.1) is 0 Å². The van der Waals surface area contributed by atoms with E-state index in [0.717, 1.165) is 0 Å². The van der Waals surface area contributed by atoms with Gasteiger partial charge in [0, 0.05) is 11.5 Å². The molecule has 0 bridgehead atoms. The summed E-state index contributed by atoms with van der Waals surface area (Å²) >= 11 is 10.9. The quantitative estimate of drug-likeness (QED) is 0.381. The molecule has 0 radical (unpaired) electrons. The lowest BCUT2D eigenvalue weighted by atomic mass is 10.3. The van der Waals surface area contributed by atoms with E-state index in [1.807, 2.05) is 0 Å². The SMILES string of the molecule is O=C(O)CS.O[C@H](CS)[C@H](O)CS. The van der Waals surface area contributed by atoms with Crippen molar-refractivity contribution in [2.24, 2.45) is 0 Å². The Balaban J connectivity index is 0. The summed E-state index contributed by atoms with van der Waals surface area (Å²) in [4.78, 5) is 9.29. The maximum absolute atomic E-state index is 9.29. The number of aliphatic hydroxyl groups is 2. The Morgan fingerprint density at radius 3 is 1.38 bits per heavy atom. The number of hydrogen-bond donors (Lipinski definition) is 6. The topological polar surface area (TPSA) is 77.8 Å². The minimum atomic E-state index is -0.881. The van der Waals surface area contributed by atoms with Gasteiger partial charge in [-0.25, -0.2) is 0 Å². The lowest BCUT2D eigenvalue weighted by Gasteiger charge is -2.11. The molecule has 13 heavy (non-hydrogen) atoms. The Morgan fingerprint density at radius 2 is 1.31 bits per heavy atom. The van der Waals surface area contributed by atoms with Gasteiger partial charge in [-0.05, 0) is 0 Å². The van der Waals surface area contributed by atoms with Crippen LogP contribution in [0.25, 0.3) is 0 Å². The molecule has 80 valence electrons. The minimum absolute atomic E-state index is 0.0833. The van der Waals surface area contributed by atoms with Crippen molar-refractivity contribution >= 4 is 43.9 Å². The van der Waals surface area contributed by atoms with Crippen LogP contribution in [0.2, 0.25) is 0 Å². The molecule has 0 fully saturated rings. The standard InChI is InChI=1S/C4H10O2S2.C2H4O2S/c5-3(1-7)4(6)2-8;3-2(4)1-5/h3-8H,1-2H2;5H,1H2,(H,3,4)/t3-,4-;/m1./s1. The highest BCUT2D eigenvalue weighted by Crippen LogP contribution is 1.96. The average Bonchev–Trinajstić information content (AvgIpc) is 2.16. The molecule has 7 heteroatoms. The molecule has 0 aliphatic heterocycles. The Bertz CT molecular complexity index is 125. The van der Waals surface area contributed by atoms with E-state index < -0.39 is 18.2 Å². The second-order valence-electron chi connectivity index (χ2n) is 2.05. The van der Waals surface area contributed by atoms with Gasteiger partial charge in [0.05, 0.1) is 18.0 Å². The van der Waals surface area contributed by atoms with E-state index >= 15 is 0 Å². The van der Waals surface area contributed by atoms with Crippen molar-refractivity contribution in [1.29, 1.82) is 0 Å². The highest BCUT2D eigenvalue weighted by molar-refractivity contribution is 7.81. The second kappa shape index (κ2) is 10.5. The minimum Gasteiger partial charge on any atom is -0.481 e. The number of carboxylic acids is 1. The fraction of sp³-hybridized carbons (Fsp3) is 0.833. The van der Waals surface area contributed by atoms with E-state index in [0.29, 0.717) is 0 Å². The fourth-order valence-electron chi connectivity index (χ4n) is 0.243. The van der Waals surface area contributed by atoms with Crippen molar-refractivity contribution in [1.82, 2.24) is 0 Å². The molecule has 3 N–H and O–H groups in total. The molecule has 0 heterocycles. The average molecular weight is 246 g/mol. The molecule has 0 aliphatic rings. The third kappa shape index (κ3) is 12.4. The molecule has 2 atom stereocenters. The van der Waals surface area contributed by atoms with E-state index in [4.69, 9.17) is 15.3 Å². The maximum Gasteiger partial charge on any atom is 0.313 e. The zero-order valence-corrected chi connectivity index (χ0v) is 9.55. The smallest absolute Gasteiger partial charge is 0.313 e. The number of carbonyl (C=O) groups is 1. The number of aliphatic carboxylic acids is 1. The highest BCUT2D eigenvalue weighted by Gasteiger charge is 2.10. The van der Waals surface area contributed by atoms with Crippen molar-refractivity contribution in [2.45, 2.75) is 12.2 Å². The summed E-state index contributed by atoms with van der Waals surface area (Å²) in [6.07, 6.45) is -1.48. The fourth-order valence-corrected chi connectivity index (χ4v) is 0.730. The van der Waals surface area contributed by atoms with Crippen LogP contribution in [-0.2, 0) is 4.79 Å². The Kier molecular flexibility index (Phi) is 12.9. The largest absolute Gasteiger partial charge is 0.481 e. The van der Waals surface area contributed by atoms with Crippen molar-refractivity contribution in [3.63, 3.8) is 0 Å². The maximum atomic E-state index is 9.29. The van der Waals surface area contributed by atoms with Gasteiger partial charge in [0.1, 0.15) is 0 Å². The van der Waals surface area contributed by atoms with E-state index in [9.17, 15) is 4.79 Å². The summed E-state index contributed by atoms with van der Waals surface area (Å²) < 4.78 is 0. The van der Waals surface area contributed by atoms with Crippen LogP contribution in [0.3, 0.4) is 0 Å². The van der Waals surface area contributed by atoms with Gasteiger partial charge in [-0.1, -0.05) is 0 Å². The van der Waals surface area contributed by atoms with Gasteiger partial charge in [-0.2, -0.15) is 37.9 Å². The van der Waals surface area contributed by atoms with Crippen molar-refractivity contribution < 1.29 is 20.1 Å². The first-order valence-electron chi connectivity index (χ1n) is 3.40. The van der Waals surface area contributed by atoms with Gasteiger partial charge in [0.15, 0.2) is 0 Å². The molecule has 0 rings (SSSR count). The van der Waals surface area contributed by atoms with Gasteiger partial charge in [0.2, 0.25) is 0 Å². The molecule has 0 unspecified atom stereocenters. The number of aliphatic hydroxyl groups excluding tert-OH is 2. The van der Waals surface area contributed by atoms with Gasteiger partial charge < -0.3 is 15.3 Å². The molecule has 0 spiro atoms. The van der Waals surface area contributed by atoms with Crippen molar-refractivity contribution in [3.05, 3.63) is 0 Å². The molecule has 0 amide bonds. The second-order valence-corrected chi connectivity index (χ2v) is 3.10. The molecule has 0 saturated carbocycles. The van der Waals surface area contributed by atoms with Gasteiger partial charge >= 0.3 is 5.97 Å². The van der Waals surface area contributed by atoms with Crippen molar-refractivity contribution in [3.8, 4) is 0 Å². The molecule has 0 aliphatic carbocycles. The third-order valence-corrected chi connectivity index (χ3v) is 1.97. The van der Waals surface area contributed by atoms with E-state index in [-0.39, 0.29) is 17.3 Å². The first kappa shape index (κ1) is 15.9. The van der Waals surface area contributed by atoms with E-state index in [2.05, 4.69) is 37.9 Å². The lowest BCUT2D eigenvalue weighted by Crippen LogP contribution is -2.28. The van der Waals surface area contributed by atoms with Crippen LogP contribution >= 0.6 is 37.9 Å². The summed E-state index contributed by atoms with van der Waals surface area (Å²) in [5, 5.41) is 25.1. The summed E-state index contributed by atoms with van der Waals surface area (Å²) in [6, 6.07) is 0. The summed E-state index contributed by atoms with van der Waals surface area (Å²) in [5.74, 6) is -0.406. The molecule has 0 aromatic heterocycles. The van der Waals surface area contributed by atoms with Gasteiger partial charge in [-0.3, -0.25) is 4.79 Å². The summed E-state index contributed by atoms with van der Waals surface area (Å²) in [6.45, 7) is 0. The molecule has 0 aromatic carbocycles. The Hall–Kier alpha value is 0.440. The molecule has 0 aromatic rings. The molecular formula is C6H14O4S3. The van der Waals surface area contributed by atoms with Gasteiger partial charge in [0.25, 0.3) is 0 Å². The third-order valence-electron chi connectivity index (χ3n) is 0.954. The first-order chi connectivity index (χ1) is 5.99. The normalized spacial score (nSPS) is 13.9. The van der Waals surface area contributed by atoms with E-state index in [1.165, 1.54) is 0 Å². The predicted molar refractivity (Wildman–Crippen MR) is 61.2 cm³/mol. The number of carboxylic acid groups (broad SMARTS) is 1.